The van der Waals surface area contributed by atoms with Gasteiger partial charge in [-0.25, -0.2) is 8.78 Å². The summed E-state index contributed by atoms with van der Waals surface area (Å²) in [4.78, 5) is 0. The van der Waals surface area contributed by atoms with Crippen molar-refractivity contribution in [1.82, 2.24) is 0 Å². The Morgan fingerprint density at radius 3 is 2.44 bits per heavy atom. The van der Waals surface area contributed by atoms with Crippen LogP contribution >= 0.6 is 0 Å². The van der Waals surface area contributed by atoms with Crippen molar-refractivity contribution < 1.29 is 13.9 Å². The van der Waals surface area contributed by atoms with E-state index in [1.54, 1.807) is 0 Å². The van der Waals surface area contributed by atoms with Crippen molar-refractivity contribution in [2.24, 2.45) is 11.8 Å². The SMILES string of the molecule is CCC1CCC(O)C(Cc2cc(F)cc(F)c2)C1. The maximum atomic E-state index is 13.1. The highest BCUT2D eigenvalue weighted by Crippen LogP contribution is 2.33. The van der Waals surface area contributed by atoms with E-state index in [2.05, 4.69) is 6.92 Å². The topological polar surface area (TPSA) is 20.2 Å². The number of hydrogen-bond donors (Lipinski definition) is 1. The Kier molecular flexibility index (Phi) is 4.33. The smallest absolute Gasteiger partial charge is 0.126 e. The van der Waals surface area contributed by atoms with Gasteiger partial charge in [0.05, 0.1) is 6.10 Å². The second-order valence-electron chi connectivity index (χ2n) is 5.40. The second-order valence-corrected chi connectivity index (χ2v) is 5.40. The molecule has 0 spiro atoms. The molecule has 2 rings (SSSR count). The first-order chi connectivity index (χ1) is 8.58. The van der Waals surface area contributed by atoms with E-state index in [-0.39, 0.29) is 12.0 Å². The number of halogens is 2. The van der Waals surface area contributed by atoms with Crippen molar-refractivity contribution in [2.75, 3.05) is 0 Å². The van der Waals surface area contributed by atoms with Gasteiger partial charge in [-0.1, -0.05) is 13.3 Å². The Bertz CT molecular complexity index is 385. The molecule has 3 atom stereocenters. The first kappa shape index (κ1) is 13.5. The molecule has 1 fully saturated rings. The summed E-state index contributed by atoms with van der Waals surface area (Å²) in [6.07, 6.45) is 4.16. The molecule has 1 aromatic rings. The zero-order valence-electron chi connectivity index (χ0n) is 10.7. The van der Waals surface area contributed by atoms with E-state index >= 15 is 0 Å². The van der Waals surface area contributed by atoms with Gasteiger partial charge in [0.2, 0.25) is 0 Å². The van der Waals surface area contributed by atoms with Gasteiger partial charge < -0.3 is 5.11 Å². The minimum atomic E-state index is -0.539. The van der Waals surface area contributed by atoms with Gasteiger partial charge in [-0.2, -0.15) is 0 Å². The summed E-state index contributed by atoms with van der Waals surface area (Å²) < 4.78 is 26.2. The van der Waals surface area contributed by atoms with Gasteiger partial charge in [-0.15, -0.1) is 0 Å². The molecule has 1 aliphatic carbocycles. The van der Waals surface area contributed by atoms with E-state index in [1.165, 1.54) is 12.1 Å². The van der Waals surface area contributed by atoms with Crippen LogP contribution in [0.25, 0.3) is 0 Å². The Hall–Kier alpha value is -0.960. The van der Waals surface area contributed by atoms with Gasteiger partial charge in [0, 0.05) is 6.07 Å². The van der Waals surface area contributed by atoms with E-state index in [9.17, 15) is 13.9 Å². The van der Waals surface area contributed by atoms with Gasteiger partial charge in [-0.05, 0) is 55.2 Å². The fourth-order valence-corrected chi connectivity index (χ4v) is 2.97. The van der Waals surface area contributed by atoms with Gasteiger partial charge >= 0.3 is 0 Å². The van der Waals surface area contributed by atoms with Gasteiger partial charge in [-0.3, -0.25) is 0 Å². The molecule has 3 heteroatoms. The van der Waals surface area contributed by atoms with Crippen LogP contribution in [0.3, 0.4) is 0 Å². The normalized spacial score (nSPS) is 28.3. The summed E-state index contributed by atoms with van der Waals surface area (Å²) in [5, 5.41) is 9.99. The van der Waals surface area contributed by atoms with E-state index < -0.39 is 11.6 Å². The molecule has 0 aromatic heterocycles. The highest BCUT2D eigenvalue weighted by molar-refractivity contribution is 5.18. The Morgan fingerprint density at radius 1 is 1.17 bits per heavy atom. The van der Waals surface area contributed by atoms with Crippen molar-refractivity contribution in [3.8, 4) is 0 Å². The number of aliphatic hydroxyl groups is 1. The second kappa shape index (κ2) is 5.79. The highest BCUT2D eigenvalue weighted by Gasteiger charge is 2.28. The molecular formula is C15H20F2O. The highest BCUT2D eigenvalue weighted by atomic mass is 19.1. The molecule has 0 heterocycles. The molecule has 0 amide bonds. The lowest BCUT2D eigenvalue weighted by atomic mass is 9.76. The summed E-state index contributed by atoms with van der Waals surface area (Å²) in [6.45, 7) is 2.15. The summed E-state index contributed by atoms with van der Waals surface area (Å²) in [5.74, 6) is -0.314. The van der Waals surface area contributed by atoms with Crippen LogP contribution in [-0.2, 0) is 6.42 Å². The summed E-state index contributed by atoms with van der Waals surface area (Å²) in [5.41, 5.74) is 0.647. The maximum absolute atomic E-state index is 13.1. The van der Waals surface area contributed by atoms with Crippen LogP contribution in [0, 0.1) is 23.5 Å². The number of hydrogen-bond acceptors (Lipinski definition) is 1. The maximum Gasteiger partial charge on any atom is 0.126 e. The zero-order chi connectivity index (χ0) is 13.1. The molecule has 1 aromatic carbocycles. The lowest BCUT2D eigenvalue weighted by Crippen LogP contribution is -2.30. The molecule has 18 heavy (non-hydrogen) atoms. The predicted molar refractivity (Wildman–Crippen MR) is 67.2 cm³/mol. The quantitative estimate of drug-likeness (QED) is 0.872. The van der Waals surface area contributed by atoms with Crippen molar-refractivity contribution in [1.29, 1.82) is 0 Å². The van der Waals surface area contributed by atoms with E-state index in [4.69, 9.17) is 0 Å². The van der Waals surface area contributed by atoms with Gasteiger partial charge in [0.25, 0.3) is 0 Å². The van der Waals surface area contributed by atoms with Crippen LogP contribution in [0.4, 0.5) is 8.78 Å². The van der Waals surface area contributed by atoms with Crippen molar-refractivity contribution in [3.63, 3.8) is 0 Å². The average Bonchev–Trinajstić information content (AvgIpc) is 2.30. The number of aliphatic hydroxyl groups excluding tert-OH is 1. The molecule has 0 radical (unpaired) electrons. The number of benzene rings is 1. The molecule has 0 saturated heterocycles. The van der Waals surface area contributed by atoms with E-state index in [1.807, 2.05) is 0 Å². The first-order valence-corrected chi connectivity index (χ1v) is 6.71. The fourth-order valence-electron chi connectivity index (χ4n) is 2.97. The average molecular weight is 254 g/mol. The largest absolute Gasteiger partial charge is 0.393 e. The molecule has 1 saturated carbocycles. The van der Waals surface area contributed by atoms with E-state index in [0.717, 1.165) is 31.7 Å². The first-order valence-electron chi connectivity index (χ1n) is 6.71. The summed E-state index contributed by atoms with van der Waals surface area (Å²) >= 11 is 0. The van der Waals surface area contributed by atoms with Crippen molar-refractivity contribution >= 4 is 0 Å². The fraction of sp³-hybridized carbons (Fsp3) is 0.600. The molecule has 1 N–H and O–H groups in total. The minimum Gasteiger partial charge on any atom is -0.393 e. The lowest BCUT2D eigenvalue weighted by molar-refractivity contribution is 0.0474. The van der Waals surface area contributed by atoms with Gasteiger partial charge in [0.15, 0.2) is 0 Å². The Morgan fingerprint density at radius 2 is 1.83 bits per heavy atom. The molecule has 1 nitrogen and oxygen atoms in total. The lowest BCUT2D eigenvalue weighted by Gasteiger charge is -2.33. The third-order valence-electron chi connectivity index (χ3n) is 4.05. The van der Waals surface area contributed by atoms with Crippen LogP contribution in [0.15, 0.2) is 18.2 Å². The van der Waals surface area contributed by atoms with Crippen molar-refractivity contribution in [2.45, 2.75) is 45.1 Å². The molecule has 0 aliphatic heterocycles. The minimum absolute atomic E-state index is 0.130. The zero-order valence-corrected chi connectivity index (χ0v) is 10.7. The molecule has 1 aliphatic rings. The van der Waals surface area contributed by atoms with Crippen LogP contribution in [0.1, 0.15) is 38.2 Å². The molecule has 0 bridgehead atoms. The molecule has 100 valence electrons. The van der Waals surface area contributed by atoms with Gasteiger partial charge in [0.1, 0.15) is 11.6 Å². The Balaban J connectivity index is 2.06. The van der Waals surface area contributed by atoms with Crippen molar-refractivity contribution in [3.05, 3.63) is 35.4 Å². The van der Waals surface area contributed by atoms with Crippen LogP contribution in [0.5, 0.6) is 0 Å². The standard InChI is InChI=1S/C15H20F2O/c1-2-10-3-4-15(18)12(5-10)6-11-7-13(16)9-14(17)8-11/h7-10,12,15,18H,2-6H2,1H3. The third-order valence-corrected chi connectivity index (χ3v) is 4.05. The summed E-state index contributed by atoms with van der Waals surface area (Å²) in [7, 11) is 0. The van der Waals surface area contributed by atoms with E-state index in [0.29, 0.717) is 17.9 Å². The van der Waals surface area contributed by atoms with Crippen LogP contribution in [-0.4, -0.2) is 11.2 Å². The number of rotatable bonds is 3. The molecule has 3 unspecified atom stereocenters. The van der Waals surface area contributed by atoms with Crippen LogP contribution < -0.4 is 0 Å². The monoisotopic (exact) mass is 254 g/mol. The summed E-state index contributed by atoms with van der Waals surface area (Å²) in [6, 6.07) is 3.62. The predicted octanol–water partition coefficient (Wildman–Crippen LogP) is 3.69. The third kappa shape index (κ3) is 3.29. The Labute approximate surface area is 107 Å². The van der Waals surface area contributed by atoms with Crippen LogP contribution in [0.2, 0.25) is 0 Å². The molecular weight excluding hydrogens is 234 g/mol.